The van der Waals surface area contributed by atoms with Crippen LogP contribution in [-0.2, 0) is 0 Å². The van der Waals surface area contributed by atoms with Crippen LogP contribution in [0, 0.1) is 0 Å². The lowest BCUT2D eigenvalue weighted by Gasteiger charge is -2.10. The van der Waals surface area contributed by atoms with Crippen LogP contribution in [0.4, 0.5) is 19.0 Å². The van der Waals surface area contributed by atoms with Gasteiger partial charge in [-0.25, -0.2) is 4.98 Å². The van der Waals surface area contributed by atoms with Crippen LogP contribution in [0.2, 0.25) is 0 Å². The minimum Gasteiger partial charge on any atom is -0.261 e. The van der Waals surface area contributed by atoms with Gasteiger partial charge in [-0.1, -0.05) is 36.4 Å². The zero-order valence-electron chi connectivity index (χ0n) is 9.72. The van der Waals surface area contributed by atoms with E-state index in [1.165, 1.54) is 36.5 Å². The molecule has 98 valence electrons. The number of hydrogen-bond donors (Lipinski definition) is 1. The number of pyridine rings is 1. The number of rotatable bonds is 3. The zero-order valence-corrected chi connectivity index (χ0v) is 9.72. The van der Waals surface area contributed by atoms with Crippen molar-refractivity contribution in [3.8, 4) is 0 Å². The van der Waals surface area contributed by atoms with Gasteiger partial charge in [0.1, 0.15) is 5.82 Å². The third-order valence-corrected chi connectivity index (χ3v) is 2.26. The van der Waals surface area contributed by atoms with Crippen molar-refractivity contribution >= 4 is 11.5 Å². The van der Waals surface area contributed by atoms with E-state index in [-0.39, 0.29) is 11.4 Å². The van der Waals surface area contributed by atoms with Crippen LogP contribution in [0.15, 0.2) is 59.8 Å². The summed E-state index contributed by atoms with van der Waals surface area (Å²) in [4.78, 5) is 3.84. The molecule has 0 bridgehead atoms. The number of aromatic nitrogens is 1. The lowest BCUT2D eigenvalue weighted by molar-refractivity contribution is -0.0581. The van der Waals surface area contributed by atoms with Crippen molar-refractivity contribution in [3.05, 3.63) is 60.3 Å². The predicted molar refractivity (Wildman–Crippen MR) is 66.9 cm³/mol. The van der Waals surface area contributed by atoms with Crippen LogP contribution in [0.1, 0.15) is 5.56 Å². The molecule has 1 aromatic heterocycles. The summed E-state index contributed by atoms with van der Waals surface area (Å²) in [5.74, 6) is 0.250. The molecule has 0 aliphatic carbocycles. The SMILES string of the molecule is FC(F)(F)/C(=N\Nc1ccccn1)c1ccccc1. The maximum Gasteiger partial charge on any atom is 0.435 e. The van der Waals surface area contributed by atoms with Gasteiger partial charge >= 0.3 is 6.18 Å². The highest BCUT2D eigenvalue weighted by Gasteiger charge is 2.37. The van der Waals surface area contributed by atoms with Gasteiger partial charge in [0.25, 0.3) is 0 Å². The van der Waals surface area contributed by atoms with E-state index in [1.807, 2.05) is 0 Å². The Bertz CT molecular complexity index is 550. The number of nitrogens with zero attached hydrogens (tertiary/aromatic N) is 2. The van der Waals surface area contributed by atoms with Gasteiger partial charge in [0.2, 0.25) is 0 Å². The molecule has 1 aromatic carbocycles. The summed E-state index contributed by atoms with van der Waals surface area (Å²) < 4.78 is 38.8. The monoisotopic (exact) mass is 265 g/mol. The van der Waals surface area contributed by atoms with Gasteiger partial charge in [-0.2, -0.15) is 18.3 Å². The zero-order chi connectivity index (χ0) is 13.7. The van der Waals surface area contributed by atoms with E-state index in [4.69, 9.17) is 0 Å². The largest absolute Gasteiger partial charge is 0.435 e. The highest BCUT2D eigenvalue weighted by Crippen LogP contribution is 2.22. The van der Waals surface area contributed by atoms with E-state index in [0.29, 0.717) is 0 Å². The summed E-state index contributed by atoms with van der Waals surface area (Å²) in [6, 6.07) is 12.2. The molecule has 0 radical (unpaired) electrons. The molecule has 0 saturated heterocycles. The molecule has 0 aliphatic rings. The quantitative estimate of drug-likeness (QED) is 0.681. The number of nitrogens with one attached hydrogen (secondary N) is 1. The average Bonchev–Trinajstić information content (AvgIpc) is 2.40. The van der Waals surface area contributed by atoms with E-state index in [2.05, 4.69) is 15.5 Å². The Kier molecular flexibility index (Phi) is 3.79. The van der Waals surface area contributed by atoms with Crippen molar-refractivity contribution < 1.29 is 13.2 Å². The number of halogens is 3. The Morgan fingerprint density at radius 3 is 2.26 bits per heavy atom. The molecule has 1 N–H and O–H groups in total. The second kappa shape index (κ2) is 5.51. The molecular formula is C13H10F3N3. The highest BCUT2D eigenvalue weighted by atomic mass is 19.4. The van der Waals surface area contributed by atoms with Crippen molar-refractivity contribution in [1.29, 1.82) is 0 Å². The molecule has 0 amide bonds. The first kappa shape index (κ1) is 13.1. The maximum absolute atomic E-state index is 12.9. The minimum atomic E-state index is -4.54. The van der Waals surface area contributed by atoms with Gasteiger partial charge in [0.05, 0.1) is 0 Å². The third kappa shape index (κ3) is 3.54. The molecule has 1 heterocycles. The van der Waals surface area contributed by atoms with Crippen LogP contribution in [-0.4, -0.2) is 16.9 Å². The molecule has 0 saturated carbocycles. The summed E-state index contributed by atoms with van der Waals surface area (Å²) in [5.41, 5.74) is 1.32. The topological polar surface area (TPSA) is 37.3 Å². The summed E-state index contributed by atoms with van der Waals surface area (Å²) in [6.45, 7) is 0. The second-order valence-electron chi connectivity index (χ2n) is 3.65. The molecule has 0 spiro atoms. The maximum atomic E-state index is 12.9. The fourth-order valence-electron chi connectivity index (χ4n) is 1.43. The Morgan fingerprint density at radius 1 is 1.00 bits per heavy atom. The summed E-state index contributed by atoms with van der Waals surface area (Å²) in [6.07, 6.45) is -3.07. The van der Waals surface area contributed by atoms with Crippen LogP contribution in [0.5, 0.6) is 0 Å². The van der Waals surface area contributed by atoms with E-state index >= 15 is 0 Å². The minimum absolute atomic E-state index is 0.00145. The van der Waals surface area contributed by atoms with Crippen LogP contribution >= 0.6 is 0 Å². The Balaban J connectivity index is 2.29. The first-order valence-corrected chi connectivity index (χ1v) is 5.45. The van der Waals surface area contributed by atoms with Crippen molar-refractivity contribution in [2.24, 2.45) is 5.10 Å². The molecule has 2 aromatic rings. The van der Waals surface area contributed by atoms with Gasteiger partial charge in [-0.05, 0) is 12.1 Å². The number of alkyl halides is 3. The lowest BCUT2D eigenvalue weighted by Crippen LogP contribution is -2.25. The van der Waals surface area contributed by atoms with Gasteiger partial charge < -0.3 is 0 Å². The third-order valence-electron chi connectivity index (χ3n) is 2.26. The molecule has 0 atom stereocenters. The van der Waals surface area contributed by atoms with Gasteiger partial charge in [-0.3, -0.25) is 5.43 Å². The molecule has 6 heteroatoms. The molecule has 0 aliphatic heterocycles. The summed E-state index contributed by atoms with van der Waals surface area (Å²) >= 11 is 0. The molecule has 0 unspecified atom stereocenters. The Hall–Kier alpha value is -2.37. The van der Waals surface area contributed by atoms with Crippen molar-refractivity contribution in [1.82, 2.24) is 4.98 Å². The van der Waals surface area contributed by atoms with Gasteiger partial charge in [0, 0.05) is 11.8 Å². The van der Waals surface area contributed by atoms with Gasteiger partial charge in [-0.15, -0.1) is 0 Å². The standard InChI is InChI=1S/C13H10F3N3/c14-13(15,16)12(10-6-2-1-3-7-10)19-18-11-8-4-5-9-17-11/h1-9H,(H,17,18)/b19-12-. The van der Waals surface area contributed by atoms with Crippen LogP contribution in [0.25, 0.3) is 0 Å². The molecule has 3 nitrogen and oxygen atoms in total. The fraction of sp³-hybridized carbons (Fsp3) is 0.0769. The molecule has 0 fully saturated rings. The average molecular weight is 265 g/mol. The first-order valence-electron chi connectivity index (χ1n) is 5.45. The number of benzene rings is 1. The van der Waals surface area contributed by atoms with E-state index < -0.39 is 11.9 Å². The number of hydrazone groups is 1. The molecule has 19 heavy (non-hydrogen) atoms. The fourth-order valence-corrected chi connectivity index (χ4v) is 1.43. The van der Waals surface area contributed by atoms with Gasteiger partial charge in [0.15, 0.2) is 5.71 Å². The highest BCUT2D eigenvalue weighted by molar-refractivity contribution is 6.04. The first-order chi connectivity index (χ1) is 9.07. The van der Waals surface area contributed by atoms with Crippen molar-refractivity contribution in [2.45, 2.75) is 6.18 Å². The lowest BCUT2D eigenvalue weighted by atomic mass is 10.1. The van der Waals surface area contributed by atoms with Crippen molar-refractivity contribution in [2.75, 3.05) is 5.43 Å². The normalized spacial score (nSPS) is 12.3. The number of anilines is 1. The van der Waals surface area contributed by atoms with E-state index in [0.717, 1.165) is 0 Å². The predicted octanol–water partition coefficient (Wildman–Crippen LogP) is 3.46. The van der Waals surface area contributed by atoms with Crippen molar-refractivity contribution in [3.63, 3.8) is 0 Å². The van der Waals surface area contributed by atoms with Crippen LogP contribution in [0.3, 0.4) is 0 Å². The number of hydrogen-bond acceptors (Lipinski definition) is 3. The second-order valence-corrected chi connectivity index (χ2v) is 3.65. The Morgan fingerprint density at radius 2 is 1.68 bits per heavy atom. The Labute approximate surface area is 107 Å². The molecule has 2 rings (SSSR count). The van der Waals surface area contributed by atoms with Crippen LogP contribution < -0.4 is 5.43 Å². The van der Waals surface area contributed by atoms with E-state index in [9.17, 15) is 13.2 Å². The summed E-state index contributed by atoms with van der Waals surface area (Å²) in [5, 5.41) is 3.41. The molecular weight excluding hydrogens is 255 g/mol. The smallest absolute Gasteiger partial charge is 0.261 e. The van der Waals surface area contributed by atoms with E-state index in [1.54, 1.807) is 18.2 Å². The summed E-state index contributed by atoms with van der Waals surface area (Å²) in [7, 11) is 0.